The van der Waals surface area contributed by atoms with Crippen molar-refractivity contribution in [3.8, 4) is 33.5 Å². The van der Waals surface area contributed by atoms with Crippen LogP contribution in [0.5, 0.6) is 11.5 Å². The van der Waals surface area contributed by atoms with Crippen molar-refractivity contribution in [2.45, 2.75) is 140 Å². The number of hydrogen-bond donors (Lipinski definition) is 3. The second-order valence-corrected chi connectivity index (χ2v) is 22.2. The van der Waals surface area contributed by atoms with Crippen LogP contribution in [-0.2, 0) is 29.1 Å². The number of fused-ring (bicyclic) bond motifs is 2. The number of aromatic nitrogens is 2. The molecule has 0 bridgehead atoms. The number of halogens is 3. The van der Waals surface area contributed by atoms with Crippen molar-refractivity contribution in [1.82, 2.24) is 30.2 Å². The number of benzene rings is 1. The summed E-state index contributed by atoms with van der Waals surface area (Å²) in [6.45, 7) is 10.2. The van der Waals surface area contributed by atoms with Crippen LogP contribution in [0, 0.1) is 17.8 Å². The third-order valence-electron chi connectivity index (χ3n) is 12.8. The third-order valence-corrected chi connectivity index (χ3v) is 15.8. The van der Waals surface area contributed by atoms with Crippen LogP contribution in [0.15, 0.2) is 60.1 Å². The predicted molar refractivity (Wildman–Crippen MR) is 240 cm³/mol. The number of nitrogens with zero attached hydrogens (tertiary/aromatic N) is 3. The first-order valence-electron chi connectivity index (χ1n) is 22.2. The minimum absolute atomic E-state index is 0.0395. The average molecular weight is 959 g/mol. The monoisotopic (exact) mass is 958 g/mol. The van der Waals surface area contributed by atoms with Crippen LogP contribution in [-0.4, -0.2) is 100 Å². The summed E-state index contributed by atoms with van der Waals surface area (Å²) < 4.78 is 86.6. The molecular formula is C46H57F3N6O9S2. The highest BCUT2D eigenvalue weighted by atomic mass is 32.2. The number of rotatable bonds is 11. The molecule has 0 unspecified atom stereocenters. The van der Waals surface area contributed by atoms with E-state index in [9.17, 15) is 40.8 Å². The first-order chi connectivity index (χ1) is 30.9. The van der Waals surface area contributed by atoms with Gasteiger partial charge in [-0.05, 0) is 109 Å². The van der Waals surface area contributed by atoms with Crippen molar-refractivity contribution in [3.63, 3.8) is 0 Å². The summed E-state index contributed by atoms with van der Waals surface area (Å²) in [4.78, 5) is 67.5. The number of thiazole rings is 1. The van der Waals surface area contributed by atoms with Gasteiger partial charge in [0.25, 0.3) is 5.91 Å². The smallest absolute Gasteiger partial charge is 0.427 e. The Kier molecular flexibility index (Phi) is 13.6. The van der Waals surface area contributed by atoms with Gasteiger partial charge < -0.3 is 29.7 Å². The molecule has 2 aliphatic carbocycles. The second-order valence-electron chi connectivity index (χ2n) is 19.1. The minimum atomic E-state index is -4.93. The number of alkyl halides is 3. The number of sulfonamides is 1. The van der Waals surface area contributed by atoms with E-state index in [1.165, 1.54) is 16.2 Å². The van der Waals surface area contributed by atoms with Crippen molar-refractivity contribution in [3.05, 3.63) is 60.1 Å². The Morgan fingerprint density at radius 3 is 2.36 bits per heavy atom. The molecule has 1 aromatic carbocycles. The van der Waals surface area contributed by atoms with Crippen molar-refractivity contribution in [1.29, 1.82) is 0 Å². The molecule has 4 aliphatic rings. The highest BCUT2D eigenvalue weighted by molar-refractivity contribution is 7.91. The fourth-order valence-electron chi connectivity index (χ4n) is 8.39. The number of ether oxygens (including phenoxy) is 3. The van der Waals surface area contributed by atoms with Gasteiger partial charge in [-0.2, -0.15) is 13.2 Å². The van der Waals surface area contributed by atoms with Gasteiger partial charge in [-0.1, -0.05) is 26.0 Å². The van der Waals surface area contributed by atoms with E-state index in [0.717, 1.165) is 5.56 Å². The second kappa shape index (κ2) is 18.4. The minimum Gasteiger partial charge on any atom is -0.491 e. The summed E-state index contributed by atoms with van der Waals surface area (Å²) in [6, 6.07) is 7.94. The van der Waals surface area contributed by atoms with Gasteiger partial charge >= 0.3 is 12.3 Å². The Bertz CT molecular complexity index is 2440. The molecule has 20 heteroatoms. The first kappa shape index (κ1) is 48.7. The topological polar surface area (TPSA) is 195 Å². The third kappa shape index (κ3) is 10.6. The summed E-state index contributed by atoms with van der Waals surface area (Å²) in [6.07, 6.45) is 0.170. The maximum Gasteiger partial charge on any atom is 0.427 e. The van der Waals surface area contributed by atoms with E-state index in [0.29, 0.717) is 73.8 Å². The SMILES string of the molecule is CC(C)Oc1ccc(-c2cc(O[C@@H]3C[C@H]4C(=O)N[C@]5(C(=O)NS(=O)(=O)C6(C)CC6)C[C@H]5/C=C\CC[C@@H](C)C[C@@H](C)[C@H](NC(=O)OC(C)(C)C(F)(F)F)C(=O)N4C3)cc(-c3nccs3)n2)cc1. The fraction of sp³-hybridized carbons (Fsp3) is 0.565. The molecule has 7 atom stereocenters. The molecule has 15 nitrogen and oxygen atoms in total. The molecular weight excluding hydrogens is 902 g/mol. The highest BCUT2D eigenvalue weighted by Crippen LogP contribution is 2.48. The van der Waals surface area contributed by atoms with E-state index in [2.05, 4.69) is 20.3 Å². The van der Waals surface area contributed by atoms with E-state index >= 15 is 0 Å². The normalized spacial score (nSPS) is 27.3. The quantitative estimate of drug-likeness (QED) is 0.163. The molecule has 2 aliphatic heterocycles. The largest absolute Gasteiger partial charge is 0.491 e. The van der Waals surface area contributed by atoms with Gasteiger partial charge in [0.2, 0.25) is 27.4 Å². The van der Waals surface area contributed by atoms with Crippen molar-refractivity contribution < 1.29 is 55.0 Å². The standard InChI is InChI=1S/C46H57F3N6O9S2/c1-26(2)62-31-14-12-29(13-15-31)34-21-32(22-35(51-34)39-50-18-19-65-39)63-33-23-36-38(56)53-45(41(58)54-66(60,61)44(7)16-17-44)24-30(45)11-9-8-10-27(3)20-28(4)37(40(57)55(36)25-33)52-42(59)64-43(5,6)46(47,48)49/h9,11-15,18-19,21-22,26-28,30,33,36-37H,8,10,16-17,20,23-25H2,1-7H3,(H,52,59)(H,53,56)(H,54,58)/b11-9-/t27-,28-,30-,33-,36+,37+,45-/m1/s1. The Balaban J connectivity index is 1.24. The molecule has 3 aromatic rings. The number of allylic oxidation sites excluding steroid dienone is 1. The molecule has 3 N–H and O–H groups in total. The van der Waals surface area contributed by atoms with Gasteiger partial charge in [-0.3, -0.25) is 19.1 Å². The molecule has 4 amide bonds. The van der Waals surface area contributed by atoms with E-state index in [1.54, 1.807) is 43.6 Å². The molecule has 4 heterocycles. The summed E-state index contributed by atoms with van der Waals surface area (Å²) >= 11 is 1.36. The Morgan fingerprint density at radius 1 is 1.03 bits per heavy atom. The van der Waals surface area contributed by atoms with Gasteiger partial charge in [-0.25, -0.2) is 23.2 Å². The maximum absolute atomic E-state index is 15.0. The molecule has 2 saturated carbocycles. The van der Waals surface area contributed by atoms with Crippen LogP contribution in [0.4, 0.5) is 18.0 Å². The van der Waals surface area contributed by atoms with E-state index in [-0.39, 0.29) is 31.4 Å². The number of hydrogen-bond acceptors (Lipinski definition) is 12. The Labute approximate surface area is 386 Å². The van der Waals surface area contributed by atoms with Gasteiger partial charge in [0.1, 0.15) is 45.9 Å². The van der Waals surface area contributed by atoms with Gasteiger partial charge in [-0.15, -0.1) is 11.3 Å². The number of nitrogens with one attached hydrogen (secondary N) is 3. The number of pyridine rings is 1. The lowest BCUT2D eigenvalue weighted by Gasteiger charge is -2.34. The summed E-state index contributed by atoms with van der Waals surface area (Å²) in [5.41, 5.74) is -2.82. The summed E-state index contributed by atoms with van der Waals surface area (Å²) in [7, 11) is -4.10. The summed E-state index contributed by atoms with van der Waals surface area (Å²) in [5.74, 6) is -2.75. The van der Waals surface area contributed by atoms with Gasteiger partial charge in [0, 0.05) is 41.6 Å². The van der Waals surface area contributed by atoms with Crippen LogP contribution >= 0.6 is 11.3 Å². The van der Waals surface area contributed by atoms with Crippen LogP contribution < -0.4 is 24.8 Å². The number of amides is 4. The molecule has 7 rings (SSSR count). The zero-order chi connectivity index (χ0) is 48.0. The average Bonchev–Trinajstić information content (AvgIpc) is 3.98. The zero-order valence-electron chi connectivity index (χ0n) is 37.9. The molecule has 66 heavy (non-hydrogen) atoms. The van der Waals surface area contributed by atoms with Crippen molar-refractivity contribution in [2.24, 2.45) is 17.8 Å². The highest BCUT2D eigenvalue weighted by Gasteiger charge is 2.63. The lowest BCUT2D eigenvalue weighted by atomic mass is 9.88. The van der Waals surface area contributed by atoms with Gasteiger partial charge in [0.05, 0.1) is 23.1 Å². The lowest BCUT2D eigenvalue weighted by molar-refractivity contribution is -0.244. The zero-order valence-corrected chi connectivity index (χ0v) is 39.6. The predicted octanol–water partition coefficient (Wildman–Crippen LogP) is 7.33. The van der Waals surface area contributed by atoms with Crippen molar-refractivity contribution in [2.75, 3.05) is 6.54 Å². The van der Waals surface area contributed by atoms with Crippen LogP contribution in [0.25, 0.3) is 22.0 Å². The van der Waals surface area contributed by atoms with Gasteiger partial charge in [0.15, 0.2) is 0 Å². The maximum atomic E-state index is 15.0. The van der Waals surface area contributed by atoms with Crippen molar-refractivity contribution >= 4 is 45.2 Å². The molecule has 2 aromatic heterocycles. The Morgan fingerprint density at radius 2 is 1.73 bits per heavy atom. The number of carbonyl (C=O) groups is 4. The van der Waals surface area contributed by atoms with Crippen LogP contribution in [0.3, 0.4) is 0 Å². The molecule has 3 fully saturated rings. The number of alkyl carbamates (subject to hydrolysis) is 1. The first-order valence-corrected chi connectivity index (χ1v) is 24.5. The summed E-state index contributed by atoms with van der Waals surface area (Å²) in [5, 5.41) is 7.64. The molecule has 0 radical (unpaired) electrons. The van der Waals surface area contributed by atoms with E-state index in [1.807, 2.05) is 51.1 Å². The molecule has 1 saturated heterocycles. The Hall–Kier alpha value is -5.24. The van der Waals surface area contributed by atoms with E-state index in [4.69, 9.17) is 19.2 Å². The fourth-order valence-corrected chi connectivity index (χ4v) is 10.3. The van der Waals surface area contributed by atoms with E-state index < -0.39 is 85.9 Å². The molecule has 0 spiro atoms. The van der Waals surface area contributed by atoms with Crippen LogP contribution in [0.2, 0.25) is 0 Å². The van der Waals surface area contributed by atoms with Crippen LogP contribution in [0.1, 0.15) is 93.4 Å². The molecule has 358 valence electrons. The number of carbonyl (C=O) groups excluding carboxylic acids is 4. The lowest BCUT2D eigenvalue weighted by Crippen LogP contribution is -2.59.